The second kappa shape index (κ2) is 8.56. The first-order valence-electron chi connectivity index (χ1n) is 8.75. The molecule has 1 heterocycles. The maximum Gasteiger partial charge on any atom is 0.417 e. The molecule has 1 amide bonds. The predicted molar refractivity (Wildman–Crippen MR) is 103 cm³/mol. The Bertz CT molecular complexity index is 1130. The summed E-state index contributed by atoms with van der Waals surface area (Å²) in [5.74, 6) is 0. The van der Waals surface area contributed by atoms with E-state index in [1.165, 1.54) is 42.5 Å². The molecule has 0 fully saturated rings. The van der Waals surface area contributed by atoms with Crippen molar-refractivity contribution in [2.75, 3.05) is 18.5 Å². The Kier molecular flexibility index (Phi) is 6.09. The number of hydrogen-bond acceptors (Lipinski definition) is 5. The monoisotopic (exact) mass is 422 g/mol. The van der Waals surface area contributed by atoms with Crippen LogP contribution in [0.25, 0.3) is 22.0 Å². The molecule has 4 N–H and O–H groups in total. The molecule has 0 aliphatic heterocycles. The lowest BCUT2D eigenvalue weighted by Crippen LogP contribution is -2.24. The minimum atomic E-state index is -4.58. The van der Waals surface area contributed by atoms with Crippen molar-refractivity contribution in [1.82, 2.24) is 4.98 Å². The molecular formula is C20H17F3N2O5. The van der Waals surface area contributed by atoms with Gasteiger partial charge in [-0.05, 0) is 29.7 Å². The van der Waals surface area contributed by atoms with Crippen LogP contribution >= 0.6 is 0 Å². The van der Waals surface area contributed by atoms with Crippen LogP contribution in [-0.4, -0.2) is 40.6 Å². The largest absolute Gasteiger partial charge is 0.446 e. The summed E-state index contributed by atoms with van der Waals surface area (Å²) in [4.78, 5) is 26.6. The minimum Gasteiger partial charge on any atom is -0.446 e. The Morgan fingerprint density at radius 3 is 2.60 bits per heavy atom. The van der Waals surface area contributed by atoms with Gasteiger partial charge in [-0.1, -0.05) is 24.3 Å². The van der Waals surface area contributed by atoms with Crippen molar-refractivity contribution in [3.05, 3.63) is 64.4 Å². The second-order valence-electron chi connectivity index (χ2n) is 6.42. The van der Waals surface area contributed by atoms with Gasteiger partial charge in [-0.15, -0.1) is 0 Å². The van der Waals surface area contributed by atoms with Crippen LogP contribution in [0.3, 0.4) is 0 Å². The molecule has 1 aromatic heterocycles. The zero-order valence-corrected chi connectivity index (χ0v) is 15.4. The average Bonchev–Trinajstić information content (AvgIpc) is 2.71. The topological polar surface area (TPSA) is 112 Å². The molecule has 0 saturated heterocycles. The number of aliphatic hydroxyl groups excluding tert-OH is 2. The lowest BCUT2D eigenvalue weighted by molar-refractivity contribution is -0.137. The van der Waals surface area contributed by atoms with Gasteiger partial charge in [0.15, 0.2) is 0 Å². The van der Waals surface area contributed by atoms with E-state index in [0.717, 1.165) is 6.07 Å². The fourth-order valence-electron chi connectivity index (χ4n) is 2.83. The van der Waals surface area contributed by atoms with E-state index >= 15 is 0 Å². The Morgan fingerprint density at radius 2 is 1.90 bits per heavy atom. The number of benzene rings is 2. The number of H-pyrrole nitrogens is 1. The van der Waals surface area contributed by atoms with Gasteiger partial charge in [-0.25, -0.2) is 4.79 Å². The molecule has 1 atom stereocenters. The molecule has 158 valence electrons. The van der Waals surface area contributed by atoms with E-state index in [9.17, 15) is 22.8 Å². The van der Waals surface area contributed by atoms with Gasteiger partial charge < -0.3 is 19.9 Å². The number of halogens is 3. The van der Waals surface area contributed by atoms with Gasteiger partial charge in [0, 0.05) is 22.3 Å². The van der Waals surface area contributed by atoms with E-state index < -0.39 is 42.7 Å². The Morgan fingerprint density at radius 1 is 1.17 bits per heavy atom. The molecule has 30 heavy (non-hydrogen) atoms. The van der Waals surface area contributed by atoms with E-state index in [1.54, 1.807) is 0 Å². The highest BCUT2D eigenvalue weighted by Gasteiger charge is 2.33. The third kappa shape index (κ3) is 4.78. The molecule has 0 bridgehead atoms. The van der Waals surface area contributed by atoms with Crippen molar-refractivity contribution < 1.29 is 32.9 Å². The molecule has 7 nitrogen and oxygen atoms in total. The number of aromatic nitrogens is 1. The first kappa shape index (κ1) is 21.3. The first-order valence-corrected chi connectivity index (χ1v) is 8.75. The van der Waals surface area contributed by atoms with Gasteiger partial charge >= 0.3 is 12.3 Å². The van der Waals surface area contributed by atoms with E-state index in [1.807, 2.05) is 0 Å². The molecule has 0 spiro atoms. The summed E-state index contributed by atoms with van der Waals surface area (Å²) in [6.07, 6.45) is -6.71. The van der Waals surface area contributed by atoms with Crippen LogP contribution in [0.5, 0.6) is 0 Å². The van der Waals surface area contributed by atoms with Crippen LogP contribution in [0.15, 0.2) is 53.3 Å². The number of carbonyl (C=O) groups is 1. The molecule has 10 heteroatoms. The quantitative estimate of drug-likeness (QED) is 0.505. The maximum absolute atomic E-state index is 13.3. The average molecular weight is 422 g/mol. The number of amides is 1. The van der Waals surface area contributed by atoms with Crippen LogP contribution in [0, 0.1) is 0 Å². The number of anilines is 1. The van der Waals surface area contributed by atoms with Gasteiger partial charge in [-0.3, -0.25) is 10.1 Å². The summed E-state index contributed by atoms with van der Waals surface area (Å²) in [5.41, 5.74) is -1.44. The molecule has 3 aromatic rings. The van der Waals surface area contributed by atoms with Crippen LogP contribution in [-0.2, 0) is 10.9 Å². The van der Waals surface area contributed by atoms with Gasteiger partial charge in [0.2, 0.25) is 0 Å². The number of hydrogen-bond donors (Lipinski definition) is 4. The van der Waals surface area contributed by atoms with E-state index in [4.69, 9.17) is 14.9 Å². The van der Waals surface area contributed by atoms with Crippen molar-refractivity contribution in [2.45, 2.75) is 12.3 Å². The number of aromatic amines is 1. The summed E-state index contributed by atoms with van der Waals surface area (Å²) < 4.78 is 44.6. The van der Waals surface area contributed by atoms with E-state index in [-0.39, 0.29) is 22.3 Å². The predicted octanol–water partition coefficient (Wildman–Crippen LogP) is 3.12. The molecule has 0 radical (unpaired) electrons. The summed E-state index contributed by atoms with van der Waals surface area (Å²) in [7, 11) is 0. The lowest BCUT2D eigenvalue weighted by atomic mass is 10.0. The highest BCUT2D eigenvalue weighted by molar-refractivity contribution is 5.92. The van der Waals surface area contributed by atoms with Crippen LogP contribution in [0.1, 0.15) is 5.56 Å². The third-order valence-electron chi connectivity index (χ3n) is 4.23. The van der Waals surface area contributed by atoms with Crippen molar-refractivity contribution >= 4 is 22.6 Å². The first-order chi connectivity index (χ1) is 14.2. The SMILES string of the molecule is O=C(Nc1ccc2cc(-c3ccccc3C(F)(F)F)[nH]c(=O)c2c1)OCC(O)CO. The molecule has 3 rings (SSSR count). The zero-order chi connectivity index (χ0) is 21.9. The highest BCUT2D eigenvalue weighted by atomic mass is 19.4. The Balaban J connectivity index is 1.91. The number of aliphatic hydroxyl groups is 2. The smallest absolute Gasteiger partial charge is 0.417 e. The molecule has 0 aliphatic carbocycles. The minimum absolute atomic E-state index is 0.0125. The molecule has 0 saturated carbocycles. The molecule has 2 aromatic carbocycles. The summed E-state index contributed by atoms with van der Waals surface area (Å²) in [6.45, 7) is -0.989. The number of ether oxygens (including phenoxy) is 1. The summed E-state index contributed by atoms with van der Waals surface area (Å²) >= 11 is 0. The van der Waals surface area contributed by atoms with Crippen molar-refractivity contribution in [3.63, 3.8) is 0 Å². The zero-order valence-electron chi connectivity index (χ0n) is 15.4. The number of carbonyl (C=O) groups excluding carboxylic acids is 1. The van der Waals surface area contributed by atoms with Gasteiger partial charge in [0.1, 0.15) is 12.7 Å². The van der Waals surface area contributed by atoms with Crippen molar-refractivity contribution in [1.29, 1.82) is 0 Å². The van der Waals surface area contributed by atoms with Crippen LogP contribution in [0.2, 0.25) is 0 Å². The molecule has 0 aliphatic rings. The number of fused-ring (bicyclic) bond motifs is 1. The number of nitrogens with one attached hydrogen (secondary N) is 2. The van der Waals surface area contributed by atoms with Crippen LogP contribution in [0.4, 0.5) is 23.7 Å². The Hall–Kier alpha value is -3.37. The standard InChI is InChI=1S/C20H17F3N2O5/c21-20(22,23)16-4-2-1-3-14(16)17-7-11-5-6-12(8-15(11)18(28)25-17)24-19(29)30-10-13(27)9-26/h1-8,13,26-27H,9-10H2,(H,24,29)(H,25,28). The van der Waals surface area contributed by atoms with Crippen molar-refractivity contribution in [3.8, 4) is 11.3 Å². The van der Waals surface area contributed by atoms with Gasteiger partial charge in [0.25, 0.3) is 5.56 Å². The number of alkyl halides is 3. The maximum atomic E-state index is 13.3. The van der Waals surface area contributed by atoms with Crippen LogP contribution < -0.4 is 10.9 Å². The molecule has 1 unspecified atom stereocenters. The lowest BCUT2D eigenvalue weighted by Gasteiger charge is -2.13. The summed E-state index contributed by atoms with van der Waals surface area (Å²) in [6, 6.07) is 10.6. The van der Waals surface area contributed by atoms with E-state index in [2.05, 4.69) is 10.3 Å². The van der Waals surface area contributed by atoms with Gasteiger partial charge in [0.05, 0.1) is 12.2 Å². The molecular weight excluding hydrogens is 405 g/mol. The van der Waals surface area contributed by atoms with Crippen molar-refractivity contribution in [2.24, 2.45) is 0 Å². The number of pyridine rings is 1. The normalized spacial score (nSPS) is 12.6. The second-order valence-corrected chi connectivity index (χ2v) is 6.42. The Labute approximate surface area is 167 Å². The fraction of sp³-hybridized carbons (Fsp3) is 0.200. The van der Waals surface area contributed by atoms with E-state index in [0.29, 0.717) is 5.39 Å². The third-order valence-corrected chi connectivity index (χ3v) is 4.23. The van der Waals surface area contributed by atoms with Gasteiger partial charge in [-0.2, -0.15) is 13.2 Å². The highest BCUT2D eigenvalue weighted by Crippen LogP contribution is 2.36. The number of rotatable bonds is 5. The fourth-order valence-corrected chi connectivity index (χ4v) is 2.83. The summed E-state index contributed by atoms with van der Waals surface area (Å²) in [5, 5.41) is 20.7.